The second kappa shape index (κ2) is 5.51. The van der Waals surface area contributed by atoms with E-state index < -0.39 is 10.0 Å². The van der Waals surface area contributed by atoms with Crippen molar-refractivity contribution in [3.05, 3.63) is 64.7 Å². The van der Waals surface area contributed by atoms with Gasteiger partial charge in [-0.25, -0.2) is 13.4 Å². The maximum atomic E-state index is 12.4. The predicted octanol–water partition coefficient (Wildman–Crippen LogP) is 2.04. The summed E-state index contributed by atoms with van der Waals surface area (Å²) in [6.07, 6.45) is 1.43. The normalized spacial score (nSPS) is 11.6. The summed E-state index contributed by atoms with van der Waals surface area (Å²) >= 11 is 0. The predicted molar refractivity (Wildman–Crippen MR) is 89.0 cm³/mol. The summed E-state index contributed by atoms with van der Waals surface area (Å²) in [5, 5.41) is 0.360. The largest absolute Gasteiger partial charge is 0.302 e. The van der Waals surface area contributed by atoms with Crippen LogP contribution < -0.4 is 10.3 Å². The summed E-state index contributed by atoms with van der Waals surface area (Å²) in [5.74, 6) is 0. The highest BCUT2D eigenvalue weighted by atomic mass is 32.2. The van der Waals surface area contributed by atoms with Crippen molar-refractivity contribution in [2.45, 2.75) is 11.8 Å². The van der Waals surface area contributed by atoms with Crippen molar-refractivity contribution in [2.75, 3.05) is 4.72 Å². The second-order valence-corrected chi connectivity index (χ2v) is 6.99. The number of sulfonamides is 1. The van der Waals surface area contributed by atoms with Crippen LogP contribution in [0.3, 0.4) is 0 Å². The van der Waals surface area contributed by atoms with Crippen molar-refractivity contribution in [2.24, 2.45) is 7.05 Å². The van der Waals surface area contributed by atoms with Crippen LogP contribution in [0.25, 0.3) is 10.9 Å². The van der Waals surface area contributed by atoms with E-state index in [4.69, 9.17) is 0 Å². The lowest BCUT2D eigenvalue weighted by atomic mass is 10.2. The van der Waals surface area contributed by atoms with Crippen LogP contribution in [0.1, 0.15) is 5.56 Å². The van der Waals surface area contributed by atoms with Gasteiger partial charge >= 0.3 is 0 Å². The second-order valence-electron chi connectivity index (χ2n) is 5.31. The number of aryl methyl sites for hydroxylation is 2. The van der Waals surface area contributed by atoms with Gasteiger partial charge in [0.05, 0.1) is 22.1 Å². The van der Waals surface area contributed by atoms with Crippen molar-refractivity contribution in [3.8, 4) is 0 Å². The van der Waals surface area contributed by atoms with E-state index in [-0.39, 0.29) is 10.5 Å². The van der Waals surface area contributed by atoms with Gasteiger partial charge in [-0.05, 0) is 37.3 Å². The maximum Gasteiger partial charge on any atom is 0.261 e. The number of nitrogens with one attached hydrogen (secondary N) is 1. The van der Waals surface area contributed by atoms with Crippen molar-refractivity contribution < 1.29 is 8.42 Å². The van der Waals surface area contributed by atoms with Gasteiger partial charge in [0.2, 0.25) is 0 Å². The van der Waals surface area contributed by atoms with E-state index in [9.17, 15) is 13.2 Å². The number of anilines is 1. The van der Waals surface area contributed by atoms with Crippen LogP contribution in [0.2, 0.25) is 0 Å². The number of hydrogen-bond donors (Lipinski definition) is 1. The fourth-order valence-corrected chi connectivity index (χ4v) is 3.26. The van der Waals surface area contributed by atoms with Crippen LogP contribution in [0, 0.1) is 6.92 Å². The molecule has 0 saturated heterocycles. The van der Waals surface area contributed by atoms with E-state index in [1.54, 1.807) is 43.4 Å². The molecule has 0 aliphatic rings. The molecular formula is C16H15N3O3S. The average molecular weight is 329 g/mol. The molecule has 0 radical (unpaired) electrons. The molecule has 0 atom stereocenters. The Labute approximate surface area is 133 Å². The Hall–Kier alpha value is -2.67. The van der Waals surface area contributed by atoms with Gasteiger partial charge in [-0.2, -0.15) is 0 Å². The molecule has 6 nitrogen and oxygen atoms in total. The van der Waals surface area contributed by atoms with Gasteiger partial charge in [-0.15, -0.1) is 0 Å². The first kappa shape index (κ1) is 15.2. The molecular weight excluding hydrogens is 314 g/mol. The zero-order valence-electron chi connectivity index (χ0n) is 12.6. The first-order valence-electron chi connectivity index (χ1n) is 6.92. The van der Waals surface area contributed by atoms with Crippen molar-refractivity contribution in [3.63, 3.8) is 0 Å². The van der Waals surface area contributed by atoms with E-state index in [2.05, 4.69) is 9.71 Å². The number of nitrogens with zero attached hydrogens (tertiary/aromatic N) is 2. The first-order chi connectivity index (χ1) is 10.9. The Bertz CT molecular complexity index is 1040. The third kappa shape index (κ3) is 2.95. The van der Waals surface area contributed by atoms with Crippen LogP contribution in [0.15, 0.2) is 58.5 Å². The fourth-order valence-electron chi connectivity index (χ4n) is 2.21. The third-order valence-corrected chi connectivity index (χ3v) is 4.90. The minimum Gasteiger partial charge on any atom is -0.302 e. The van der Waals surface area contributed by atoms with Crippen LogP contribution in [-0.4, -0.2) is 18.0 Å². The number of aromatic nitrogens is 2. The topological polar surface area (TPSA) is 81.1 Å². The molecule has 0 fully saturated rings. The number of benzene rings is 2. The highest BCUT2D eigenvalue weighted by molar-refractivity contribution is 7.92. The lowest BCUT2D eigenvalue weighted by Gasteiger charge is -2.09. The molecule has 0 unspecified atom stereocenters. The lowest BCUT2D eigenvalue weighted by molar-refractivity contribution is 0.601. The zero-order valence-corrected chi connectivity index (χ0v) is 13.5. The summed E-state index contributed by atoms with van der Waals surface area (Å²) < 4.78 is 28.6. The van der Waals surface area contributed by atoms with E-state index >= 15 is 0 Å². The van der Waals surface area contributed by atoms with Gasteiger partial charge in [-0.1, -0.05) is 17.7 Å². The Morgan fingerprint density at radius 1 is 1.09 bits per heavy atom. The van der Waals surface area contributed by atoms with E-state index in [1.165, 1.54) is 17.0 Å². The molecule has 7 heteroatoms. The molecule has 0 amide bonds. The molecule has 2 aromatic carbocycles. The quantitative estimate of drug-likeness (QED) is 0.797. The van der Waals surface area contributed by atoms with Crippen LogP contribution in [0.5, 0.6) is 0 Å². The van der Waals surface area contributed by atoms with Crippen LogP contribution in [-0.2, 0) is 17.1 Å². The Morgan fingerprint density at radius 3 is 2.48 bits per heavy atom. The van der Waals surface area contributed by atoms with E-state index in [0.717, 1.165) is 5.56 Å². The molecule has 0 bridgehead atoms. The van der Waals surface area contributed by atoms with E-state index in [0.29, 0.717) is 16.6 Å². The number of hydrogen-bond acceptors (Lipinski definition) is 4. The molecule has 0 aliphatic heterocycles. The summed E-state index contributed by atoms with van der Waals surface area (Å²) in [4.78, 5) is 16.4. The van der Waals surface area contributed by atoms with Gasteiger partial charge in [0, 0.05) is 12.7 Å². The summed E-state index contributed by atoms with van der Waals surface area (Å²) in [5.41, 5.74) is 1.59. The molecule has 1 heterocycles. The lowest BCUT2D eigenvalue weighted by Crippen LogP contribution is -2.17. The summed E-state index contributed by atoms with van der Waals surface area (Å²) in [6, 6.07) is 11.2. The van der Waals surface area contributed by atoms with Crippen LogP contribution >= 0.6 is 0 Å². The van der Waals surface area contributed by atoms with Gasteiger partial charge in [0.15, 0.2) is 0 Å². The summed E-state index contributed by atoms with van der Waals surface area (Å²) in [7, 11) is -2.11. The highest BCUT2D eigenvalue weighted by Crippen LogP contribution is 2.19. The molecule has 1 N–H and O–H groups in total. The van der Waals surface area contributed by atoms with E-state index in [1.807, 2.05) is 6.92 Å². The number of rotatable bonds is 3. The Morgan fingerprint density at radius 2 is 1.78 bits per heavy atom. The zero-order chi connectivity index (χ0) is 16.6. The molecule has 0 aliphatic carbocycles. The first-order valence-corrected chi connectivity index (χ1v) is 8.40. The summed E-state index contributed by atoms with van der Waals surface area (Å²) in [6.45, 7) is 1.88. The Kier molecular flexibility index (Phi) is 3.65. The van der Waals surface area contributed by atoms with Gasteiger partial charge in [0.25, 0.3) is 15.6 Å². The van der Waals surface area contributed by atoms with Crippen molar-refractivity contribution in [1.29, 1.82) is 0 Å². The molecule has 118 valence electrons. The van der Waals surface area contributed by atoms with Crippen LogP contribution in [0.4, 0.5) is 5.69 Å². The van der Waals surface area contributed by atoms with Gasteiger partial charge in [0.1, 0.15) is 0 Å². The standard InChI is InChI=1S/C16H15N3O3S/c1-11-3-6-13(7-4-11)23(21,22)18-12-5-8-15-14(9-12)16(20)19(2)10-17-15/h3-10,18H,1-2H3. The Balaban J connectivity index is 2.02. The molecule has 23 heavy (non-hydrogen) atoms. The minimum atomic E-state index is -3.70. The van der Waals surface area contributed by atoms with Gasteiger partial charge in [-0.3, -0.25) is 9.52 Å². The molecule has 3 aromatic rings. The molecule has 1 aromatic heterocycles. The van der Waals surface area contributed by atoms with Crippen molar-refractivity contribution >= 4 is 26.6 Å². The average Bonchev–Trinajstić information content (AvgIpc) is 2.51. The fraction of sp³-hybridized carbons (Fsp3) is 0.125. The monoisotopic (exact) mass is 329 g/mol. The number of fused-ring (bicyclic) bond motifs is 1. The smallest absolute Gasteiger partial charge is 0.261 e. The van der Waals surface area contributed by atoms with Gasteiger partial charge < -0.3 is 4.57 Å². The maximum absolute atomic E-state index is 12.4. The molecule has 0 spiro atoms. The van der Waals surface area contributed by atoms with Crippen molar-refractivity contribution in [1.82, 2.24) is 9.55 Å². The third-order valence-electron chi connectivity index (χ3n) is 3.50. The molecule has 0 saturated carbocycles. The SMILES string of the molecule is Cc1ccc(S(=O)(=O)Nc2ccc3ncn(C)c(=O)c3c2)cc1. The molecule has 3 rings (SSSR count). The highest BCUT2D eigenvalue weighted by Gasteiger charge is 2.14. The minimum absolute atomic E-state index is 0.169.